The minimum Gasteiger partial charge on any atom is -0.464 e. The van der Waals surface area contributed by atoms with Gasteiger partial charge < -0.3 is 15.0 Å². The van der Waals surface area contributed by atoms with Crippen molar-refractivity contribution in [3.05, 3.63) is 17.0 Å². The molecule has 0 unspecified atom stereocenters. The molecule has 108 valence electrons. The summed E-state index contributed by atoms with van der Waals surface area (Å²) >= 11 is 0. The lowest BCUT2D eigenvalue weighted by Crippen LogP contribution is -2.34. The van der Waals surface area contributed by atoms with E-state index in [2.05, 4.69) is 20.2 Å². The molecule has 1 fully saturated rings. The lowest BCUT2D eigenvalue weighted by molar-refractivity contribution is 0.0592. The SMILES string of the molecule is COC(=O)c1nc(N2CCCCC2)nc2c1CNCC2. The van der Waals surface area contributed by atoms with Gasteiger partial charge in [-0.15, -0.1) is 0 Å². The zero-order valence-corrected chi connectivity index (χ0v) is 11.8. The van der Waals surface area contributed by atoms with Gasteiger partial charge in [0.2, 0.25) is 5.95 Å². The molecular weight excluding hydrogens is 256 g/mol. The molecule has 0 aromatic carbocycles. The molecule has 2 aliphatic heterocycles. The molecule has 0 atom stereocenters. The summed E-state index contributed by atoms with van der Waals surface area (Å²) in [4.78, 5) is 23.3. The summed E-state index contributed by atoms with van der Waals surface area (Å²) in [6.45, 7) is 3.47. The van der Waals surface area contributed by atoms with Crippen molar-refractivity contribution < 1.29 is 9.53 Å². The standard InChI is InChI=1S/C14H20N4O2/c1-20-13(19)12-10-9-15-6-5-11(10)16-14(17-12)18-7-3-2-4-8-18/h15H,2-9H2,1H3. The number of hydrogen-bond acceptors (Lipinski definition) is 6. The van der Waals surface area contributed by atoms with E-state index in [1.165, 1.54) is 13.5 Å². The Bertz CT molecular complexity index is 512. The number of nitrogens with zero attached hydrogens (tertiary/aromatic N) is 3. The molecule has 0 spiro atoms. The van der Waals surface area contributed by atoms with Gasteiger partial charge in [-0.25, -0.2) is 14.8 Å². The quantitative estimate of drug-likeness (QED) is 0.810. The molecule has 20 heavy (non-hydrogen) atoms. The number of rotatable bonds is 2. The predicted octanol–water partition coefficient (Wildman–Crippen LogP) is 0.899. The number of piperidine rings is 1. The van der Waals surface area contributed by atoms with Crippen LogP contribution in [0.15, 0.2) is 0 Å². The highest BCUT2D eigenvalue weighted by molar-refractivity contribution is 5.89. The molecule has 1 saturated heterocycles. The lowest BCUT2D eigenvalue weighted by Gasteiger charge is -2.28. The molecule has 0 amide bonds. The molecule has 2 aliphatic rings. The Balaban J connectivity index is 2.00. The van der Waals surface area contributed by atoms with Crippen molar-refractivity contribution in [3.63, 3.8) is 0 Å². The number of fused-ring (bicyclic) bond motifs is 1. The van der Waals surface area contributed by atoms with Gasteiger partial charge in [0.05, 0.1) is 12.8 Å². The van der Waals surface area contributed by atoms with Crippen LogP contribution in [0.25, 0.3) is 0 Å². The third kappa shape index (κ3) is 2.47. The first kappa shape index (κ1) is 13.3. The van der Waals surface area contributed by atoms with Crippen molar-refractivity contribution in [3.8, 4) is 0 Å². The Labute approximate surface area is 118 Å². The molecule has 1 N–H and O–H groups in total. The maximum Gasteiger partial charge on any atom is 0.357 e. The largest absolute Gasteiger partial charge is 0.464 e. The molecular formula is C14H20N4O2. The van der Waals surface area contributed by atoms with Crippen molar-refractivity contribution in [1.82, 2.24) is 15.3 Å². The summed E-state index contributed by atoms with van der Waals surface area (Å²) in [5, 5.41) is 3.26. The Hall–Kier alpha value is -1.69. The number of ether oxygens (including phenoxy) is 1. The van der Waals surface area contributed by atoms with Crippen LogP contribution in [0, 0.1) is 0 Å². The van der Waals surface area contributed by atoms with Crippen LogP contribution in [-0.2, 0) is 17.7 Å². The van der Waals surface area contributed by atoms with Crippen LogP contribution in [0.1, 0.15) is 41.0 Å². The summed E-state index contributed by atoms with van der Waals surface area (Å²) in [5.74, 6) is 0.316. The van der Waals surface area contributed by atoms with Gasteiger partial charge in [0, 0.05) is 38.2 Å². The highest BCUT2D eigenvalue weighted by Crippen LogP contribution is 2.22. The minimum atomic E-state index is -0.370. The molecule has 6 nitrogen and oxygen atoms in total. The summed E-state index contributed by atoms with van der Waals surface area (Å²) in [6, 6.07) is 0. The summed E-state index contributed by atoms with van der Waals surface area (Å²) in [7, 11) is 1.40. The summed E-state index contributed by atoms with van der Waals surface area (Å²) in [6.07, 6.45) is 4.42. The fourth-order valence-electron chi connectivity index (χ4n) is 2.83. The van der Waals surface area contributed by atoms with Crippen LogP contribution in [0.3, 0.4) is 0 Å². The van der Waals surface area contributed by atoms with Gasteiger partial charge in [0.15, 0.2) is 5.69 Å². The van der Waals surface area contributed by atoms with Gasteiger partial charge in [0.1, 0.15) is 0 Å². The zero-order valence-electron chi connectivity index (χ0n) is 11.8. The number of carbonyl (C=O) groups is 1. The molecule has 0 bridgehead atoms. The van der Waals surface area contributed by atoms with Crippen LogP contribution in [0.2, 0.25) is 0 Å². The summed E-state index contributed by atoms with van der Waals surface area (Å²) in [5.41, 5.74) is 2.30. The number of methoxy groups -OCH3 is 1. The normalized spacial score (nSPS) is 18.6. The van der Waals surface area contributed by atoms with E-state index in [0.29, 0.717) is 18.2 Å². The molecule has 0 radical (unpaired) electrons. The fraction of sp³-hybridized carbons (Fsp3) is 0.643. The highest BCUT2D eigenvalue weighted by Gasteiger charge is 2.24. The number of aromatic nitrogens is 2. The number of nitrogens with one attached hydrogen (secondary N) is 1. The molecule has 3 heterocycles. The Morgan fingerprint density at radius 2 is 2.05 bits per heavy atom. The average molecular weight is 276 g/mol. The lowest BCUT2D eigenvalue weighted by atomic mass is 10.1. The number of hydrogen-bond donors (Lipinski definition) is 1. The van der Waals surface area contributed by atoms with Crippen molar-refractivity contribution in [1.29, 1.82) is 0 Å². The first-order valence-electron chi connectivity index (χ1n) is 7.23. The minimum absolute atomic E-state index is 0.370. The maximum absolute atomic E-state index is 12.0. The number of anilines is 1. The molecule has 6 heteroatoms. The smallest absolute Gasteiger partial charge is 0.357 e. The maximum atomic E-state index is 12.0. The van der Waals surface area contributed by atoms with Crippen LogP contribution in [0.4, 0.5) is 5.95 Å². The second-order valence-electron chi connectivity index (χ2n) is 5.26. The molecule has 0 saturated carbocycles. The van der Waals surface area contributed by atoms with Crippen LogP contribution >= 0.6 is 0 Å². The van der Waals surface area contributed by atoms with Gasteiger partial charge in [-0.05, 0) is 19.3 Å². The van der Waals surface area contributed by atoms with Crippen molar-refractivity contribution in [2.75, 3.05) is 31.6 Å². The number of carbonyl (C=O) groups excluding carboxylic acids is 1. The van der Waals surface area contributed by atoms with Crippen molar-refractivity contribution in [2.24, 2.45) is 0 Å². The first-order chi connectivity index (χ1) is 9.79. The van der Waals surface area contributed by atoms with Gasteiger partial charge in [-0.2, -0.15) is 0 Å². The molecule has 0 aliphatic carbocycles. The summed E-state index contributed by atoms with van der Waals surface area (Å²) < 4.78 is 4.87. The molecule has 1 aromatic rings. The zero-order chi connectivity index (χ0) is 13.9. The van der Waals surface area contributed by atoms with Crippen molar-refractivity contribution >= 4 is 11.9 Å². The van der Waals surface area contributed by atoms with Gasteiger partial charge in [-0.3, -0.25) is 0 Å². The Morgan fingerprint density at radius 3 is 2.80 bits per heavy atom. The van der Waals surface area contributed by atoms with E-state index >= 15 is 0 Å². The van der Waals surface area contributed by atoms with E-state index in [4.69, 9.17) is 4.74 Å². The second kappa shape index (κ2) is 5.75. The van der Waals surface area contributed by atoms with Crippen LogP contribution in [-0.4, -0.2) is 42.7 Å². The number of esters is 1. The van der Waals surface area contributed by atoms with Crippen LogP contribution < -0.4 is 10.2 Å². The third-order valence-corrected chi connectivity index (χ3v) is 3.94. The van der Waals surface area contributed by atoms with Crippen molar-refractivity contribution in [2.45, 2.75) is 32.2 Å². The highest BCUT2D eigenvalue weighted by atomic mass is 16.5. The first-order valence-corrected chi connectivity index (χ1v) is 7.23. The van der Waals surface area contributed by atoms with E-state index in [9.17, 15) is 4.79 Å². The Kier molecular flexibility index (Phi) is 3.82. The van der Waals surface area contributed by atoms with E-state index in [1.807, 2.05) is 0 Å². The van der Waals surface area contributed by atoms with E-state index in [1.54, 1.807) is 0 Å². The van der Waals surface area contributed by atoms with Gasteiger partial charge in [0.25, 0.3) is 0 Å². The van der Waals surface area contributed by atoms with Gasteiger partial charge in [-0.1, -0.05) is 0 Å². The third-order valence-electron chi connectivity index (χ3n) is 3.94. The van der Waals surface area contributed by atoms with Crippen LogP contribution in [0.5, 0.6) is 0 Å². The fourth-order valence-corrected chi connectivity index (χ4v) is 2.83. The molecule has 1 aromatic heterocycles. The predicted molar refractivity (Wildman–Crippen MR) is 74.8 cm³/mol. The van der Waals surface area contributed by atoms with E-state index in [0.717, 1.165) is 50.2 Å². The average Bonchev–Trinajstić information content (AvgIpc) is 2.54. The monoisotopic (exact) mass is 276 g/mol. The topological polar surface area (TPSA) is 67.3 Å². The molecule has 3 rings (SSSR count). The second-order valence-corrected chi connectivity index (χ2v) is 5.26. The van der Waals surface area contributed by atoms with E-state index < -0.39 is 0 Å². The van der Waals surface area contributed by atoms with E-state index in [-0.39, 0.29) is 5.97 Å². The van der Waals surface area contributed by atoms with Gasteiger partial charge >= 0.3 is 5.97 Å². The Morgan fingerprint density at radius 1 is 1.25 bits per heavy atom.